The van der Waals surface area contributed by atoms with Gasteiger partial charge in [0.2, 0.25) is 0 Å². The van der Waals surface area contributed by atoms with Crippen molar-refractivity contribution in [3.63, 3.8) is 0 Å². The number of carbonyl (C=O) groups is 2. The van der Waals surface area contributed by atoms with Crippen LogP contribution in [0.5, 0.6) is 5.75 Å². The summed E-state index contributed by atoms with van der Waals surface area (Å²) >= 11 is 7.84. The summed E-state index contributed by atoms with van der Waals surface area (Å²) in [6, 6.07) is 15.0. The van der Waals surface area contributed by atoms with Crippen molar-refractivity contribution in [2.45, 2.75) is 25.3 Å². The molecule has 1 N–H and O–H groups in total. The highest BCUT2D eigenvalue weighted by atomic mass is 35.5. The number of allylic oxidation sites excluding steroid dienone is 1. The molecule has 0 saturated carbocycles. The van der Waals surface area contributed by atoms with E-state index in [0.29, 0.717) is 28.7 Å². The van der Waals surface area contributed by atoms with Crippen LogP contribution < -0.4 is 10.1 Å². The van der Waals surface area contributed by atoms with E-state index < -0.39 is 5.92 Å². The van der Waals surface area contributed by atoms with Crippen molar-refractivity contribution < 1.29 is 19.1 Å². The van der Waals surface area contributed by atoms with Gasteiger partial charge in [-0.15, -0.1) is 11.3 Å². The van der Waals surface area contributed by atoms with Gasteiger partial charge in [0, 0.05) is 16.1 Å². The Hall–Kier alpha value is -2.83. The zero-order chi connectivity index (χ0) is 22.7. The molecule has 7 heteroatoms. The molecule has 3 aromatic rings. The number of methoxy groups -OCH3 is 1. The molecule has 5 nitrogen and oxygen atoms in total. The third kappa shape index (κ3) is 4.52. The van der Waals surface area contributed by atoms with E-state index in [1.807, 2.05) is 60.7 Å². The standard InChI is InChI=1S/C25H24ClNO4S/c1-3-31-25(29)21(15-7-6-8-18(14-15)30-2)16-11-12-17(13-16)27-24(28)23-22(26)19-9-4-5-10-20(19)32-23/h4-12,14,16-17,21H,3,13H2,1-2H3,(H,27,28)/t16-,17+,21-/m1/s1. The quantitative estimate of drug-likeness (QED) is 0.362. The van der Waals surface area contributed by atoms with Gasteiger partial charge in [-0.25, -0.2) is 0 Å². The number of benzene rings is 2. The van der Waals surface area contributed by atoms with Crippen molar-refractivity contribution >= 4 is 44.9 Å². The molecule has 2 aromatic carbocycles. The first-order valence-electron chi connectivity index (χ1n) is 10.5. The number of carbonyl (C=O) groups excluding carboxylic acids is 2. The van der Waals surface area contributed by atoms with Crippen LogP contribution in [-0.4, -0.2) is 31.6 Å². The summed E-state index contributed by atoms with van der Waals surface area (Å²) in [5.74, 6) is -0.390. The Bertz CT molecular complexity index is 1170. The Morgan fingerprint density at radius 1 is 1.19 bits per heavy atom. The lowest BCUT2D eigenvalue weighted by molar-refractivity contribution is -0.146. The smallest absolute Gasteiger partial charge is 0.314 e. The summed E-state index contributed by atoms with van der Waals surface area (Å²) in [6.45, 7) is 2.10. The van der Waals surface area contributed by atoms with E-state index in [4.69, 9.17) is 21.1 Å². The number of rotatable bonds is 7. The molecule has 0 radical (unpaired) electrons. The maximum absolute atomic E-state index is 12.9. The number of thiophene rings is 1. The molecule has 0 unspecified atom stereocenters. The predicted molar refractivity (Wildman–Crippen MR) is 128 cm³/mol. The number of hydrogen-bond acceptors (Lipinski definition) is 5. The van der Waals surface area contributed by atoms with Gasteiger partial charge < -0.3 is 14.8 Å². The Labute approximate surface area is 196 Å². The highest BCUT2D eigenvalue weighted by Gasteiger charge is 2.35. The third-order valence-electron chi connectivity index (χ3n) is 5.60. The topological polar surface area (TPSA) is 64.6 Å². The van der Waals surface area contributed by atoms with E-state index in [1.165, 1.54) is 11.3 Å². The lowest BCUT2D eigenvalue weighted by atomic mass is 9.85. The van der Waals surface area contributed by atoms with Gasteiger partial charge >= 0.3 is 5.97 Å². The Balaban J connectivity index is 1.51. The highest BCUT2D eigenvalue weighted by Crippen LogP contribution is 2.37. The molecule has 1 amide bonds. The molecule has 0 bridgehead atoms. The van der Waals surface area contributed by atoms with E-state index in [0.717, 1.165) is 15.6 Å². The molecule has 166 valence electrons. The van der Waals surface area contributed by atoms with Crippen molar-refractivity contribution in [3.05, 3.63) is 76.1 Å². The summed E-state index contributed by atoms with van der Waals surface area (Å²) in [5.41, 5.74) is 0.831. The fourth-order valence-corrected chi connectivity index (χ4v) is 5.52. The maximum atomic E-state index is 12.9. The molecule has 1 aliphatic carbocycles. The van der Waals surface area contributed by atoms with Crippen molar-refractivity contribution in [2.75, 3.05) is 13.7 Å². The fraction of sp³-hybridized carbons (Fsp3) is 0.280. The molecule has 32 heavy (non-hydrogen) atoms. The predicted octanol–water partition coefficient (Wildman–Crippen LogP) is 5.58. The van der Waals surface area contributed by atoms with Gasteiger partial charge in [-0.2, -0.15) is 0 Å². The molecule has 0 fully saturated rings. The monoisotopic (exact) mass is 469 g/mol. The molecule has 1 aliphatic rings. The highest BCUT2D eigenvalue weighted by molar-refractivity contribution is 7.21. The molecule has 1 heterocycles. The van der Waals surface area contributed by atoms with Crippen LogP contribution in [0.1, 0.15) is 34.5 Å². The molecule has 0 spiro atoms. The lowest BCUT2D eigenvalue weighted by Gasteiger charge is -2.23. The number of halogens is 1. The first-order chi connectivity index (χ1) is 15.5. The fourth-order valence-electron chi connectivity index (χ4n) is 4.10. The zero-order valence-electron chi connectivity index (χ0n) is 17.8. The van der Waals surface area contributed by atoms with Crippen molar-refractivity contribution in [3.8, 4) is 5.75 Å². The van der Waals surface area contributed by atoms with Crippen LogP contribution >= 0.6 is 22.9 Å². The third-order valence-corrected chi connectivity index (χ3v) is 7.27. The molecular formula is C25H24ClNO4S. The van der Waals surface area contributed by atoms with Crippen LogP contribution in [0.25, 0.3) is 10.1 Å². The van der Waals surface area contributed by atoms with Gasteiger partial charge in [-0.3, -0.25) is 9.59 Å². The Morgan fingerprint density at radius 3 is 2.75 bits per heavy atom. The van der Waals surface area contributed by atoms with Crippen molar-refractivity contribution in [1.82, 2.24) is 5.32 Å². The van der Waals surface area contributed by atoms with E-state index in [2.05, 4.69) is 5.32 Å². The van der Waals surface area contributed by atoms with Gasteiger partial charge in [0.05, 0.1) is 24.7 Å². The van der Waals surface area contributed by atoms with Gasteiger partial charge in [-0.05, 0) is 43.0 Å². The molecule has 0 aliphatic heterocycles. The first kappa shape index (κ1) is 22.4. The Morgan fingerprint density at radius 2 is 2.00 bits per heavy atom. The minimum atomic E-state index is -0.476. The summed E-state index contributed by atoms with van der Waals surface area (Å²) in [6.07, 6.45) is 4.52. The maximum Gasteiger partial charge on any atom is 0.314 e. The number of fused-ring (bicyclic) bond motifs is 1. The van der Waals surface area contributed by atoms with Crippen LogP contribution in [0.2, 0.25) is 5.02 Å². The van der Waals surface area contributed by atoms with Crippen LogP contribution in [0.4, 0.5) is 0 Å². The summed E-state index contributed by atoms with van der Waals surface area (Å²) in [7, 11) is 1.60. The second-order valence-electron chi connectivity index (χ2n) is 7.61. The minimum absolute atomic E-state index is 0.107. The van der Waals surface area contributed by atoms with Crippen LogP contribution in [0, 0.1) is 5.92 Å². The second-order valence-corrected chi connectivity index (χ2v) is 9.04. The normalized spacial score (nSPS) is 18.5. The van der Waals surface area contributed by atoms with Crippen LogP contribution in [0.15, 0.2) is 60.7 Å². The van der Waals surface area contributed by atoms with Crippen LogP contribution in [-0.2, 0) is 9.53 Å². The molecule has 1 aromatic heterocycles. The average molecular weight is 470 g/mol. The SMILES string of the molecule is CCOC(=O)[C@H](c1cccc(OC)c1)[C@@H]1C=C[C@H](NC(=O)c2sc3ccccc3c2Cl)C1. The molecule has 0 saturated heterocycles. The number of nitrogens with one attached hydrogen (secondary N) is 1. The van der Waals surface area contributed by atoms with Crippen molar-refractivity contribution in [2.24, 2.45) is 5.92 Å². The molecule has 4 rings (SSSR count). The van der Waals surface area contributed by atoms with E-state index in [-0.39, 0.29) is 23.8 Å². The van der Waals surface area contributed by atoms with E-state index in [9.17, 15) is 9.59 Å². The van der Waals surface area contributed by atoms with E-state index in [1.54, 1.807) is 14.0 Å². The lowest BCUT2D eigenvalue weighted by Crippen LogP contribution is -2.33. The largest absolute Gasteiger partial charge is 0.497 e. The van der Waals surface area contributed by atoms with Gasteiger partial charge in [-0.1, -0.05) is 54.1 Å². The number of ether oxygens (including phenoxy) is 2. The second kappa shape index (κ2) is 9.76. The molecule has 3 atom stereocenters. The number of hydrogen-bond donors (Lipinski definition) is 1. The van der Waals surface area contributed by atoms with Crippen molar-refractivity contribution in [1.29, 1.82) is 0 Å². The van der Waals surface area contributed by atoms with Gasteiger partial charge in [0.15, 0.2) is 0 Å². The summed E-state index contributed by atoms with van der Waals surface area (Å²) < 4.78 is 11.7. The van der Waals surface area contributed by atoms with Gasteiger partial charge in [0.1, 0.15) is 10.6 Å². The van der Waals surface area contributed by atoms with E-state index >= 15 is 0 Å². The Kier molecular flexibility index (Phi) is 6.82. The average Bonchev–Trinajstić information content (AvgIpc) is 3.39. The van der Waals surface area contributed by atoms with Gasteiger partial charge in [0.25, 0.3) is 5.91 Å². The number of esters is 1. The first-order valence-corrected chi connectivity index (χ1v) is 11.7. The zero-order valence-corrected chi connectivity index (χ0v) is 19.4. The van der Waals surface area contributed by atoms with Crippen LogP contribution in [0.3, 0.4) is 0 Å². The summed E-state index contributed by atoms with van der Waals surface area (Å²) in [4.78, 5) is 26.3. The molecular weight excluding hydrogens is 446 g/mol. The number of amides is 1. The minimum Gasteiger partial charge on any atom is -0.497 e. The summed E-state index contributed by atoms with van der Waals surface area (Å²) in [5, 5.41) is 4.40.